The Bertz CT molecular complexity index is 937. The number of hydrogen-bond donors (Lipinski definition) is 1. The van der Waals surface area contributed by atoms with Crippen molar-refractivity contribution in [1.82, 2.24) is 9.66 Å². The summed E-state index contributed by atoms with van der Waals surface area (Å²) in [6, 6.07) is 11.7. The van der Waals surface area contributed by atoms with Crippen molar-refractivity contribution in [2.75, 3.05) is 12.8 Å². The lowest BCUT2D eigenvalue weighted by Crippen LogP contribution is -2.00. The molecule has 0 fully saturated rings. The maximum Gasteiger partial charge on any atom is 0.221 e. The van der Waals surface area contributed by atoms with Gasteiger partial charge in [0.1, 0.15) is 12.4 Å². The Morgan fingerprint density at radius 3 is 2.77 bits per heavy atom. The van der Waals surface area contributed by atoms with E-state index in [-0.39, 0.29) is 12.4 Å². The number of ether oxygens (including phenoxy) is 2. The predicted molar refractivity (Wildman–Crippen MR) is 98.1 cm³/mol. The minimum absolute atomic E-state index is 0.225. The van der Waals surface area contributed by atoms with Gasteiger partial charge >= 0.3 is 0 Å². The maximum atomic E-state index is 13.3. The number of aryl methyl sites for hydroxylation is 1. The predicted octanol–water partition coefficient (Wildman–Crippen LogP) is 3.38. The molecule has 0 amide bonds. The van der Waals surface area contributed by atoms with Gasteiger partial charge in [0.25, 0.3) is 0 Å². The second-order valence-electron chi connectivity index (χ2n) is 5.66. The third-order valence-corrected chi connectivity index (χ3v) is 3.64. The fourth-order valence-corrected chi connectivity index (χ4v) is 2.40. The highest BCUT2D eigenvalue weighted by Gasteiger charge is 2.07. The van der Waals surface area contributed by atoms with Gasteiger partial charge in [-0.1, -0.05) is 12.1 Å². The smallest absolute Gasteiger partial charge is 0.221 e. The topological polar surface area (TPSA) is 74.7 Å². The van der Waals surface area contributed by atoms with Gasteiger partial charge in [-0.3, -0.25) is 0 Å². The van der Waals surface area contributed by atoms with Gasteiger partial charge in [0.15, 0.2) is 11.5 Å². The Balaban J connectivity index is 1.78. The van der Waals surface area contributed by atoms with Crippen LogP contribution in [0.25, 0.3) is 0 Å². The van der Waals surface area contributed by atoms with E-state index in [2.05, 4.69) is 10.1 Å². The summed E-state index contributed by atoms with van der Waals surface area (Å²) in [6.07, 6.45) is 3.38. The van der Waals surface area contributed by atoms with Crippen LogP contribution in [0.4, 0.5) is 10.3 Å². The molecule has 0 saturated carbocycles. The summed E-state index contributed by atoms with van der Waals surface area (Å²) in [5.74, 6) is 1.13. The third-order valence-electron chi connectivity index (χ3n) is 3.64. The van der Waals surface area contributed by atoms with Gasteiger partial charge in [0.2, 0.25) is 5.95 Å². The molecule has 6 nitrogen and oxygen atoms in total. The number of anilines is 1. The second kappa shape index (κ2) is 7.69. The van der Waals surface area contributed by atoms with Crippen LogP contribution >= 0.6 is 0 Å². The fraction of sp³-hybridized carbons (Fsp3) is 0.158. The number of halogens is 1. The molecule has 2 aromatic carbocycles. The van der Waals surface area contributed by atoms with E-state index in [1.54, 1.807) is 43.8 Å². The average Bonchev–Trinajstić information content (AvgIpc) is 2.95. The lowest BCUT2D eigenvalue weighted by Gasteiger charge is -2.11. The third kappa shape index (κ3) is 4.18. The highest BCUT2D eigenvalue weighted by atomic mass is 19.1. The first-order chi connectivity index (χ1) is 12.5. The summed E-state index contributed by atoms with van der Waals surface area (Å²) in [4.78, 5) is 4.09. The Morgan fingerprint density at radius 1 is 1.23 bits per heavy atom. The van der Waals surface area contributed by atoms with E-state index in [9.17, 15) is 4.39 Å². The minimum atomic E-state index is -0.299. The van der Waals surface area contributed by atoms with E-state index in [0.29, 0.717) is 17.4 Å². The molecule has 1 heterocycles. The van der Waals surface area contributed by atoms with Gasteiger partial charge < -0.3 is 15.2 Å². The van der Waals surface area contributed by atoms with Gasteiger partial charge in [-0.15, -0.1) is 0 Å². The van der Waals surface area contributed by atoms with Crippen molar-refractivity contribution >= 4 is 12.2 Å². The molecular formula is C19H19FN4O2. The van der Waals surface area contributed by atoms with E-state index in [1.807, 2.05) is 13.0 Å². The van der Waals surface area contributed by atoms with Crippen molar-refractivity contribution in [3.63, 3.8) is 0 Å². The summed E-state index contributed by atoms with van der Waals surface area (Å²) in [5.41, 5.74) is 8.08. The van der Waals surface area contributed by atoms with E-state index in [1.165, 1.54) is 16.8 Å². The molecule has 0 atom stereocenters. The quantitative estimate of drug-likeness (QED) is 0.689. The molecular weight excluding hydrogens is 335 g/mol. The van der Waals surface area contributed by atoms with E-state index in [0.717, 1.165) is 16.8 Å². The molecule has 1 aromatic heterocycles. The zero-order chi connectivity index (χ0) is 18.5. The molecule has 7 heteroatoms. The molecule has 0 spiro atoms. The fourth-order valence-electron chi connectivity index (χ4n) is 2.40. The van der Waals surface area contributed by atoms with Crippen LogP contribution < -0.4 is 15.2 Å². The van der Waals surface area contributed by atoms with Gasteiger partial charge in [-0.05, 0) is 48.4 Å². The summed E-state index contributed by atoms with van der Waals surface area (Å²) in [7, 11) is 1.56. The molecule has 3 aromatic rings. The number of nitrogen functional groups attached to an aromatic ring is 1. The molecule has 0 aliphatic carbocycles. The van der Waals surface area contributed by atoms with Crippen molar-refractivity contribution in [1.29, 1.82) is 0 Å². The van der Waals surface area contributed by atoms with Crippen molar-refractivity contribution in [2.45, 2.75) is 13.5 Å². The number of nitrogens with two attached hydrogens (primary N) is 1. The van der Waals surface area contributed by atoms with Crippen LogP contribution in [-0.4, -0.2) is 23.0 Å². The van der Waals surface area contributed by atoms with Crippen molar-refractivity contribution in [3.8, 4) is 11.5 Å². The molecule has 0 radical (unpaired) electrons. The molecule has 0 aliphatic rings. The Hall–Kier alpha value is -3.35. The zero-order valence-corrected chi connectivity index (χ0v) is 14.5. The highest BCUT2D eigenvalue weighted by Crippen LogP contribution is 2.28. The summed E-state index contributed by atoms with van der Waals surface area (Å²) in [6.45, 7) is 2.07. The molecule has 3 rings (SSSR count). The molecule has 2 N–H and O–H groups in total. The highest BCUT2D eigenvalue weighted by molar-refractivity contribution is 5.81. The normalized spacial score (nSPS) is 11.0. The monoisotopic (exact) mass is 354 g/mol. The largest absolute Gasteiger partial charge is 0.493 e. The van der Waals surface area contributed by atoms with Crippen LogP contribution in [0.15, 0.2) is 53.8 Å². The first kappa shape index (κ1) is 17.5. The number of methoxy groups -OCH3 is 1. The standard InChI is InChI=1S/C19H19FN4O2/c1-13-11-24(19(21)23-13)22-10-14-6-7-17(25-2)18(9-14)26-12-15-4-3-5-16(20)8-15/h3-11H,12H2,1-2H3,(H2,21,23). The van der Waals surface area contributed by atoms with Crippen molar-refractivity contribution in [3.05, 3.63) is 71.3 Å². The van der Waals surface area contributed by atoms with Crippen LogP contribution in [0, 0.1) is 12.7 Å². The number of nitrogens with zero attached hydrogens (tertiary/aromatic N) is 3. The van der Waals surface area contributed by atoms with Crippen molar-refractivity contribution in [2.24, 2.45) is 5.10 Å². The van der Waals surface area contributed by atoms with Crippen LogP contribution in [0.1, 0.15) is 16.8 Å². The number of hydrogen-bond acceptors (Lipinski definition) is 5. The number of aromatic nitrogens is 2. The lowest BCUT2D eigenvalue weighted by molar-refractivity contribution is 0.284. The van der Waals surface area contributed by atoms with Crippen LogP contribution in [0.5, 0.6) is 11.5 Å². The SMILES string of the molecule is COc1ccc(C=Nn2cc(C)nc2N)cc1OCc1cccc(F)c1. The molecule has 0 bridgehead atoms. The van der Waals surface area contributed by atoms with Gasteiger partial charge in [0, 0.05) is 0 Å². The van der Waals surface area contributed by atoms with Gasteiger partial charge in [0.05, 0.1) is 25.2 Å². The number of benzene rings is 2. The van der Waals surface area contributed by atoms with Crippen LogP contribution in [0.3, 0.4) is 0 Å². The lowest BCUT2D eigenvalue weighted by atomic mass is 10.2. The Morgan fingerprint density at radius 2 is 2.08 bits per heavy atom. The van der Waals surface area contributed by atoms with Crippen molar-refractivity contribution < 1.29 is 13.9 Å². The molecule has 134 valence electrons. The second-order valence-corrected chi connectivity index (χ2v) is 5.66. The first-order valence-corrected chi connectivity index (χ1v) is 7.96. The zero-order valence-electron chi connectivity index (χ0n) is 14.5. The number of rotatable bonds is 6. The molecule has 0 saturated heterocycles. The summed E-state index contributed by atoms with van der Waals surface area (Å²) >= 11 is 0. The summed E-state index contributed by atoms with van der Waals surface area (Å²) in [5, 5.41) is 4.28. The Kier molecular flexibility index (Phi) is 5.17. The minimum Gasteiger partial charge on any atom is -0.493 e. The number of imidazole rings is 1. The van der Waals surface area contributed by atoms with E-state index >= 15 is 0 Å². The Labute approximate surface area is 150 Å². The molecule has 26 heavy (non-hydrogen) atoms. The average molecular weight is 354 g/mol. The molecule has 0 unspecified atom stereocenters. The van der Waals surface area contributed by atoms with Gasteiger partial charge in [-0.2, -0.15) is 5.10 Å². The molecule has 0 aliphatic heterocycles. The van der Waals surface area contributed by atoms with E-state index < -0.39 is 0 Å². The van der Waals surface area contributed by atoms with Gasteiger partial charge in [-0.25, -0.2) is 14.1 Å². The van der Waals surface area contributed by atoms with E-state index in [4.69, 9.17) is 15.2 Å². The maximum absolute atomic E-state index is 13.3. The van der Waals surface area contributed by atoms with Crippen LogP contribution in [0.2, 0.25) is 0 Å². The first-order valence-electron chi connectivity index (χ1n) is 7.96. The van der Waals surface area contributed by atoms with Crippen LogP contribution in [-0.2, 0) is 6.61 Å². The summed E-state index contributed by atoms with van der Waals surface area (Å²) < 4.78 is 25.9.